The first-order valence-electron chi connectivity index (χ1n) is 7.25. The van der Waals surface area contributed by atoms with Crippen LogP contribution >= 0.6 is 0 Å². The van der Waals surface area contributed by atoms with Gasteiger partial charge in [0.25, 0.3) is 0 Å². The van der Waals surface area contributed by atoms with Crippen molar-refractivity contribution in [1.29, 1.82) is 0 Å². The molecular formula is C15H17N7O. The Morgan fingerprint density at radius 2 is 1.96 bits per heavy atom. The monoisotopic (exact) mass is 311 g/mol. The molecule has 2 N–H and O–H groups in total. The first-order valence-corrected chi connectivity index (χ1v) is 7.25. The zero-order chi connectivity index (χ0) is 15.9. The Morgan fingerprint density at radius 3 is 2.74 bits per heavy atom. The fraction of sp³-hybridized carbons (Fsp3) is 0.200. The lowest BCUT2D eigenvalue weighted by atomic mass is 10.5. The highest BCUT2D eigenvalue weighted by atomic mass is 16.2. The summed E-state index contributed by atoms with van der Waals surface area (Å²) in [6.45, 7) is 1.30. The Bertz CT molecular complexity index is 737. The van der Waals surface area contributed by atoms with E-state index in [9.17, 15) is 4.79 Å². The molecule has 3 aromatic rings. The second kappa shape index (κ2) is 7.21. The highest BCUT2D eigenvalue weighted by Crippen LogP contribution is 2.08. The van der Waals surface area contributed by atoms with E-state index in [1.54, 1.807) is 23.1 Å². The minimum atomic E-state index is -0.0776. The number of hydrogen-bond donors (Lipinski definition) is 2. The number of aromatic nitrogens is 5. The normalized spacial score (nSPS) is 10.4. The molecule has 0 aliphatic heterocycles. The molecule has 8 nitrogen and oxygen atoms in total. The molecule has 3 heterocycles. The number of nitrogens with one attached hydrogen (secondary N) is 2. The van der Waals surface area contributed by atoms with E-state index in [0.29, 0.717) is 18.9 Å². The summed E-state index contributed by atoms with van der Waals surface area (Å²) in [4.78, 5) is 20.1. The van der Waals surface area contributed by atoms with Gasteiger partial charge in [0.05, 0.1) is 0 Å². The fourth-order valence-corrected chi connectivity index (χ4v) is 2.06. The maximum atomic E-state index is 11.7. The zero-order valence-electron chi connectivity index (χ0n) is 12.5. The number of anilines is 1. The predicted molar refractivity (Wildman–Crippen MR) is 85.1 cm³/mol. The van der Waals surface area contributed by atoms with Crippen molar-refractivity contribution >= 4 is 11.7 Å². The molecular weight excluding hydrogens is 294 g/mol. The molecule has 0 aliphatic carbocycles. The molecule has 0 fully saturated rings. The zero-order valence-corrected chi connectivity index (χ0v) is 12.5. The van der Waals surface area contributed by atoms with Gasteiger partial charge in [-0.1, -0.05) is 0 Å². The Balaban J connectivity index is 1.44. The summed E-state index contributed by atoms with van der Waals surface area (Å²) in [5.74, 6) is 1.42. The highest BCUT2D eigenvalue weighted by molar-refractivity contribution is 5.75. The number of carbonyl (C=O) groups is 1. The van der Waals surface area contributed by atoms with Gasteiger partial charge in [-0.15, -0.1) is 0 Å². The molecule has 0 saturated heterocycles. The van der Waals surface area contributed by atoms with E-state index in [1.165, 1.54) is 6.33 Å². The quantitative estimate of drug-likeness (QED) is 0.627. The van der Waals surface area contributed by atoms with Gasteiger partial charge in [0.2, 0.25) is 5.91 Å². The molecule has 8 heteroatoms. The van der Waals surface area contributed by atoms with E-state index in [0.717, 1.165) is 5.82 Å². The number of amides is 1. The Hall–Kier alpha value is -3.16. The van der Waals surface area contributed by atoms with Gasteiger partial charge in [-0.05, 0) is 18.2 Å². The van der Waals surface area contributed by atoms with Gasteiger partial charge in [-0.3, -0.25) is 9.48 Å². The SMILES string of the molecule is O=C(Cn1cccn1)NCCNc1cc(-n2cccc2)ncn1. The van der Waals surface area contributed by atoms with Crippen molar-refractivity contribution in [2.75, 3.05) is 18.4 Å². The van der Waals surface area contributed by atoms with E-state index in [1.807, 2.05) is 35.2 Å². The van der Waals surface area contributed by atoms with Crippen molar-refractivity contribution in [2.45, 2.75) is 6.54 Å². The van der Waals surface area contributed by atoms with Gasteiger partial charge in [0.1, 0.15) is 24.5 Å². The molecule has 3 aromatic heterocycles. The lowest BCUT2D eigenvalue weighted by Crippen LogP contribution is -2.31. The Kier molecular flexibility index (Phi) is 4.63. The fourth-order valence-electron chi connectivity index (χ4n) is 2.06. The van der Waals surface area contributed by atoms with Gasteiger partial charge in [0, 0.05) is 43.9 Å². The van der Waals surface area contributed by atoms with Crippen molar-refractivity contribution in [2.24, 2.45) is 0 Å². The van der Waals surface area contributed by atoms with E-state index in [4.69, 9.17) is 0 Å². The first kappa shape index (κ1) is 14.8. The lowest BCUT2D eigenvalue weighted by molar-refractivity contribution is -0.121. The summed E-state index contributed by atoms with van der Waals surface area (Å²) >= 11 is 0. The van der Waals surface area contributed by atoms with Crippen LogP contribution in [0.25, 0.3) is 5.82 Å². The Labute approximate surface area is 133 Å². The van der Waals surface area contributed by atoms with Crippen LogP contribution in [-0.4, -0.2) is 43.3 Å². The topological polar surface area (TPSA) is 89.7 Å². The minimum Gasteiger partial charge on any atom is -0.368 e. The number of carbonyl (C=O) groups excluding carboxylic acids is 1. The summed E-state index contributed by atoms with van der Waals surface area (Å²) in [5.41, 5.74) is 0. The third-order valence-electron chi connectivity index (χ3n) is 3.14. The average molecular weight is 311 g/mol. The van der Waals surface area contributed by atoms with Crippen molar-refractivity contribution in [3.8, 4) is 5.82 Å². The van der Waals surface area contributed by atoms with Gasteiger partial charge < -0.3 is 15.2 Å². The second-order valence-corrected chi connectivity index (χ2v) is 4.83. The van der Waals surface area contributed by atoms with Crippen molar-refractivity contribution in [1.82, 2.24) is 29.6 Å². The van der Waals surface area contributed by atoms with E-state index in [2.05, 4.69) is 25.7 Å². The molecule has 0 aliphatic rings. The molecule has 3 rings (SSSR count). The first-order chi connectivity index (χ1) is 11.3. The number of nitrogens with zero attached hydrogens (tertiary/aromatic N) is 5. The summed E-state index contributed by atoms with van der Waals surface area (Å²) in [6.07, 6.45) is 8.74. The van der Waals surface area contributed by atoms with Gasteiger partial charge in [0.15, 0.2) is 0 Å². The van der Waals surface area contributed by atoms with Crippen LogP contribution in [0.1, 0.15) is 0 Å². The lowest BCUT2D eigenvalue weighted by Gasteiger charge is -2.08. The van der Waals surface area contributed by atoms with Crippen LogP contribution < -0.4 is 10.6 Å². The minimum absolute atomic E-state index is 0.0776. The van der Waals surface area contributed by atoms with Crippen molar-refractivity contribution in [3.63, 3.8) is 0 Å². The van der Waals surface area contributed by atoms with E-state index >= 15 is 0 Å². The van der Waals surface area contributed by atoms with Crippen LogP contribution in [0.5, 0.6) is 0 Å². The Morgan fingerprint density at radius 1 is 1.09 bits per heavy atom. The molecule has 0 aromatic carbocycles. The molecule has 1 amide bonds. The van der Waals surface area contributed by atoms with Crippen molar-refractivity contribution in [3.05, 3.63) is 55.4 Å². The van der Waals surface area contributed by atoms with E-state index in [-0.39, 0.29) is 12.5 Å². The smallest absolute Gasteiger partial charge is 0.241 e. The summed E-state index contributed by atoms with van der Waals surface area (Å²) in [6, 6.07) is 7.51. The largest absolute Gasteiger partial charge is 0.368 e. The molecule has 0 atom stereocenters. The molecule has 0 radical (unpaired) electrons. The van der Waals surface area contributed by atoms with Gasteiger partial charge in [-0.25, -0.2) is 9.97 Å². The van der Waals surface area contributed by atoms with Crippen LogP contribution in [-0.2, 0) is 11.3 Å². The number of rotatable bonds is 7. The molecule has 0 unspecified atom stereocenters. The summed E-state index contributed by atoms with van der Waals surface area (Å²) in [5, 5.41) is 9.97. The van der Waals surface area contributed by atoms with Crippen LogP contribution in [0.3, 0.4) is 0 Å². The van der Waals surface area contributed by atoms with Crippen LogP contribution in [0.15, 0.2) is 55.4 Å². The van der Waals surface area contributed by atoms with Gasteiger partial charge in [-0.2, -0.15) is 5.10 Å². The predicted octanol–water partition coefficient (Wildman–Crippen LogP) is 0.692. The van der Waals surface area contributed by atoms with Gasteiger partial charge >= 0.3 is 0 Å². The summed E-state index contributed by atoms with van der Waals surface area (Å²) < 4.78 is 3.48. The van der Waals surface area contributed by atoms with Crippen LogP contribution in [0.2, 0.25) is 0 Å². The van der Waals surface area contributed by atoms with Crippen molar-refractivity contribution < 1.29 is 4.79 Å². The molecule has 0 spiro atoms. The average Bonchev–Trinajstić information content (AvgIpc) is 3.25. The standard InChI is InChI=1S/C15H17N7O/c23-15(11-22-9-3-4-20-22)17-6-5-16-13-10-14(19-12-18-13)21-7-1-2-8-21/h1-4,7-10,12H,5-6,11H2,(H,17,23)(H,16,18,19). The van der Waals surface area contributed by atoms with Crippen LogP contribution in [0, 0.1) is 0 Å². The molecule has 118 valence electrons. The molecule has 0 saturated carbocycles. The third kappa shape index (κ3) is 4.16. The number of hydrogen-bond acceptors (Lipinski definition) is 5. The van der Waals surface area contributed by atoms with Crippen LogP contribution in [0.4, 0.5) is 5.82 Å². The maximum Gasteiger partial charge on any atom is 0.241 e. The summed E-state index contributed by atoms with van der Waals surface area (Å²) in [7, 11) is 0. The highest BCUT2D eigenvalue weighted by Gasteiger charge is 2.03. The molecule has 0 bridgehead atoms. The second-order valence-electron chi connectivity index (χ2n) is 4.83. The molecule has 23 heavy (non-hydrogen) atoms. The third-order valence-corrected chi connectivity index (χ3v) is 3.14. The van der Waals surface area contributed by atoms with E-state index < -0.39 is 0 Å². The maximum absolute atomic E-state index is 11.7.